The molecule has 0 atom stereocenters. The fourth-order valence-electron chi connectivity index (χ4n) is 2.39. The van der Waals surface area contributed by atoms with Crippen molar-refractivity contribution in [3.8, 4) is 10.6 Å². The molecule has 1 aromatic heterocycles. The Morgan fingerprint density at radius 2 is 2.25 bits per heavy atom. The molecule has 1 aliphatic rings. The Labute approximate surface area is 122 Å². The van der Waals surface area contributed by atoms with Crippen LogP contribution in [0.5, 0.6) is 0 Å². The lowest BCUT2D eigenvalue weighted by Gasteiger charge is -2.00. The smallest absolute Gasteiger partial charge is 0.347 e. The molecule has 1 heterocycles. The van der Waals surface area contributed by atoms with E-state index in [1.807, 2.05) is 19.1 Å². The minimum atomic E-state index is -0.865. The molecule has 1 aromatic carbocycles. The van der Waals surface area contributed by atoms with E-state index in [4.69, 9.17) is 0 Å². The number of aryl methyl sites for hydroxylation is 1. The van der Waals surface area contributed by atoms with E-state index < -0.39 is 5.97 Å². The highest BCUT2D eigenvalue weighted by Gasteiger charge is 2.24. The van der Waals surface area contributed by atoms with Crippen molar-refractivity contribution in [2.75, 3.05) is 0 Å². The summed E-state index contributed by atoms with van der Waals surface area (Å²) in [5.74, 6) is -0.167. The second kappa shape index (κ2) is 5.37. The Hall–Kier alpha value is -1.68. The fourth-order valence-corrected chi connectivity index (χ4v) is 3.34. The predicted octanol–water partition coefficient (Wildman–Crippen LogP) is 4.34. The van der Waals surface area contributed by atoms with Gasteiger partial charge in [0.2, 0.25) is 0 Å². The minimum Gasteiger partial charge on any atom is -0.477 e. The second-order valence-corrected chi connectivity index (χ2v) is 6.25. The van der Waals surface area contributed by atoms with Gasteiger partial charge in [-0.3, -0.25) is 0 Å². The molecule has 1 aliphatic carbocycles. The molecular weight excluding hydrogens is 270 g/mol. The maximum Gasteiger partial charge on any atom is 0.347 e. The lowest BCUT2D eigenvalue weighted by molar-refractivity contribution is 0.0700. The van der Waals surface area contributed by atoms with E-state index >= 15 is 0 Å². The lowest BCUT2D eigenvalue weighted by Crippen LogP contribution is -1.98. The first kappa shape index (κ1) is 13.3. The van der Waals surface area contributed by atoms with Gasteiger partial charge in [-0.05, 0) is 36.8 Å². The first-order valence-corrected chi connectivity index (χ1v) is 7.84. The number of hydrogen-bond acceptors (Lipinski definition) is 3. The van der Waals surface area contributed by atoms with Gasteiger partial charge < -0.3 is 5.11 Å². The fraction of sp³-hybridized carbons (Fsp3) is 0.375. The maximum absolute atomic E-state index is 11.3. The van der Waals surface area contributed by atoms with Gasteiger partial charge in [0.05, 0.1) is 5.69 Å². The van der Waals surface area contributed by atoms with Crippen LogP contribution in [0.15, 0.2) is 24.3 Å². The Morgan fingerprint density at radius 3 is 2.90 bits per heavy atom. The molecular formula is C16H17NO2S. The standard InChI is InChI=1S/C16H17NO2S/c1-2-4-13-14(16(18)19)20-15(17-13)12-6-3-5-11(9-12)10-7-8-10/h3,5-6,9-10H,2,4,7-8H2,1H3,(H,18,19). The average molecular weight is 287 g/mol. The summed E-state index contributed by atoms with van der Waals surface area (Å²) in [6.07, 6.45) is 4.16. The summed E-state index contributed by atoms with van der Waals surface area (Å²) in [6, 6.07) is 8.38. The van der Waals surface area contributed by atoms with Crippen LogP contribution in [0.3, 0.4) is 0 Å². The van der Waals surface area contributed by atoms with Crippen LogP contribution in [0.2, 0.25) is 0 Å². The van der Waals surface area contributed by atoms with Crippen molar-refractivity contribution in [1.29, 1.82) is 0 Å². The molecule has 0 radical (unpaired) electrons. The molecule has 1 fully saturated rings. The van der Waals surface area contributed by atoms with Crippen molar-refractivity contribution in [3.63, 3.8) is 0 Å². The molecule has 4 heteroatoms. The van der Waals surface area contributed by atoms with Crippen molar-refractivity contribution >= 4 is 17.3 Å². The normalized spacial score (nSPS) is 14.4. The van der Waals surface area contributed by atoms with Crippen LogP contribution in [0.4, 0.5) is 0 Å². The van der Waals surface area contributed by atoms with Crippen LogP contribution in [0, 0.1) is 0 Å². The molecule has 1 saturated carbocycles. The van der Waals surface area contributed by atoms with Crippen molar-refractivity contribution in [2.45, 2.75) is 38.5 Å². The monoisotopic (exact) mass is 287 g/mol. The molecule has 3 nitrogen and oxygen atoms in total. The van der Waals surface area contributed by atoms with Crippen molar-refractivity contribution in [2.24, 2.45) is 0 Å². The van der Waals surface area contributed by atoms with E-state index in [1.54, 1.807) is 0 Å². The van der Waals surface area contributed by atoms with Crippen LogP contribution in [0.25, 0.3) is 10.6 Å². The predicted molar refractivity (Wildman–Crippen MR) is 80.5 cm³/mol. The third-order valence-corrected chi connectivity index (χ3v) is 4.70. The highest BCUT2D eigenvalue weighted by atomic mass is 32.1. The number of hydrogen-bond donors (Lipinski definition) is 1. The quantitative estimate of drug-likeness (QED) is 0.890. The number of aromatic carboxylic acids is 1. The van der Waals surface area contributed by atoms with Crippen LogP contribution < -0.4 is 0 Å². The average Bonchev–Trinajstić information content (AvgIpc) is 3.20. The number of rotatable bonds is 5. The summed E-state index contributed by atoms with van der Waals surface area (Å²) < 4.78 is 0. The number of carboxylic acids is 1. The third kappa shape index (κ3) is 2.61. The molecule has 0 aliphatic heterocycles. The van der Waals surface area contributed by atoms with Crippen molar-refractivity contribution < 1.29 is 9.90 Å². The van der Waals surface area contributed by atoms with Gasteiger partial charge in [-0.2, -0.15) is 0 Å². The van der Waals surface area contributed by atoms with Crippen LogP contribution in [-0.2, 0) is 6.42 Å². The van der Waals surface area contributed by atoms with E-state index in [0.29, 0.717) is 10.8 Å². The largest absolute Gasteiger partial charge is 0.477 e. The minimum absolute atomic E-state index is 0.388. The zero-order valence-electron chi connectivity index (χ0n) is 11.4. The van der Waals surface area contributed by atoms with E-state index in [9.17, 15) is 9.90 Å². The first-order valence-electron chi connectivity index (χ1n) is 7.02. The molecule has 0 bridgehead atoms. The number of benzene rings is 1. The van der Waals surface area contributed by atoms with Gasteiger partial charge in [-0.25, -0.2) is 9.78 Å². The summed E-state index contributed by atoms with van der Waals surface area (Å²) in [4.78, 5) is 16.2. The molecule has 0 amide bonds. The molecule has 0 saturated heterocycles. The number of carboxylic acid groups (broad SMARTS) is 1. The van der Waals surface area contributed by atoms with Crippen LogP contribution in [0.1, 0.15) is 53.0 Å². The molecule has 1 N–H and O–H groups in total. The Balaban J connectivity index is 1.98. The molecule has 20 heavy (non-hydrogen) atoms. The van der Waals surface area contributed by atoms with Gasteiger partial charge in [0.1, 0.15) is 9.88 Å². The molecule has 104 valence electrons. The van der Waals surface area contributed by atoms with E-state index in [-0.39, 0.29) is 0 Å². The maximum atomic E-state index is 11.3. The Morgan fingerprint density at radius 1 is 1.45 bits per heavy atom. The van der Waals surface area contributed by atoms with Gasteiger partial charge in [-0.1, -0.05) is 31.5 Å². The molecule has 0 spiro atoms. The Kier molecular flexibility index (Phi) is 3.57. The molecule has 3 rings (SSSR count). The lowest BCUT2D eigenvalue weighted by atomic mass is 10.1. The van der Waals surface area contributed by atoms with Gasteiger partial charge in [0.25, 0.3) is 0 Å². The number of thiazole rings is 1. The summed E-state index contributed by atoms with van der Waals surface area (Å²) in [6.45, 7) is 2.04. The first-order chi connectivity index (χ1) is 9.69. The zero-order chi connectivity index (χ0) is 14.1. The van der Waals surface area contributed by atoms with E-state index in [2.05, 4.69) is 17.1 Å². The highest BCUT2D eigenvalue weighted by molar-refractivity contribution is 7.17. The van der Waals surface area contributed by atoms with Gasteiger partial charge in [0, 0.05) is 5.56 Å². The van der Waals surface area contributed by atoms with E-state index in [1.165, 1.54) is 29.7 Å². The highest BCUT2D eigenvalue weighted by Crippen LogP contribution is 2.41. The van der Waals surface area contributed by atoms with Gasteiger partial charge >= 0.3 is 5.97 Å². The SMILES string of the molecule is CCCc1nc(-c2cccc(C3CC3)c2)sc1C(=O)O. The number of nitrogens with zero attached hydrogens (tertiary/aromatic N) is 1. The van der Waals surface area contributed by atoms with Gasteiger partial charge in [-0.15, -0.1) is 11.3 Å². The molecule has 0 unspecified atom stereocenters. The van der Waals surface area contributed by atoms with Crippen molar-refractivity contribution in [1.82, 2.24) is 4.98 Å². The van der Waals surface area contributed by atoms with Crippen LogP contribution >= 0.6 is 11.3 Å². The van der Waals surface area contributed by atoms with Crippen LogP contribution in [-0.4, -0.2) is 16.1 Å². The third-order valence-electron chi connectivity index (χ3n) is 3.56. The summed E-state index contributed by atoms with van der Waals surface area (Å²) in [5, 5.41) is 10.1. The second-order valence-electron chi connectivity index (χ2n) is 5.25. The van der Waals surface area contributed by atoms with Gasteiger partial charge in [0.15, 0.2) is 0 Å². The Bertz CT molecular complexity index is 644. The summed E-state index contributed by atoms with van der Waals surface area (Å²) >= 11 is 1.29. The zero-order valence-corrected chi connectivity index (χ0v) is 12.2. The number of aromatic nitrogens is 1. The number of carbonyl (C=O) groups is 1. The summed E-state index contributed by atoms with van der Waals surface area (Å²) in [5.41, 5.74) is 3.12. The van der Waals surface area contributed by atoms with Crippen molar-refractivity contribution in [3.05, 3.63) is 40.4 Å². The molecule has 2 aromatic rings. The van der Waals surface area contributed by atoms with E-state index in [0.717, 1.165) is 29.1 Å². The topological polar surface area (TPSA) is 50.2 Å². The summed E-state index contributed by atoms with van der Waals surface area (Å²) in [7, 11) is 0.